The van der Waals surface area contributed by atoms with Crippen molar-refractivity contribution in [3.05, 3.63) is 72.4 Å². The van der Waals surface area contributed by atoms with Crippen molar-refractivity contribution < 1.29 is 4.74 Å². The first-order chi connectivity index (χ1) is 13.5. The summed E-state index contributed by atoms with van der Waals surface area (Å²) >= 11 is -0.872. The number of aromatic nitrogens is 2. The molecule has 0 aliphatic carbocycles. The van der Waals surface area contributed by atoms with Gasteiger partial charge in [-0.3, -0.25) is 0 Å². The van der Waals surface area contributed by atoms with Gasteiger partial charge in [-0.2, -0.15) is 0 Å². The topological polar surface area (TPSA) is 27.1 Å². The molecule has 0 unspecified atom stereocenters. The molecule has 28 heavy (non-hydrogen) atoms. The molecular weight excluding hydrogens is 407 g/mol. The summed E-state index contributed by atoms with van der Waals surface area (Å²) in [5, 5.41) is 6.08. The third-order valence-electron chi connectivity index (χ3n) is 4.94. The molecule has 0 atom stereocenters. The van der Waals surface area contributed by atoms with E-state index in [1.54, 1.807) is 0 Å². The van der Waals surface area contributed by atoms with Crippen molar-refractivity contribution in [1.29, 1.82) is 0 Å². The van der Waals surface area contributed by atoms with Crippen molar-refractivity contribution >= 4 is 14.7 Å². The Morgan fingerprint density at radius 2 is 1.50 bits per heavy atom. The van der Waals surface area contributed by atoms with Gasteiger partial charge in [0.1, 0.15) is 0 Å². The van der Waals surface area contributed by atoms with Crippen LogP contribution >= 0.6 is 0 Å². The first-order valence-electron chi connectivity index (χ1n) is 10.1. The second kappa shape index (κ2) is 9.98. The van der Waals surface area contributed by atoms with Crippen molar-refractivity contribution in [3.8, 4) is 17.0 Å². The van der Waals surface area contributed by atoms with E-state index in [1.807, 2.05) is 24.3 Å². The summed E-state index contributed by atoms with van der Waals surface area (Å²) in [6, 6.07) is 20.7. The summed E-state index contributed by atoms with van der Waals surface area (Å²) in [4.78, 5) is 0. The predicted octanol–water partition coefficient (Wildman–Crippen LogP) is 6.44. The van der Waals surface area contributed by atoms with Gasteiger partial charge in [0, 0.05) is 0 Å². The third-order valence-corrected chi connectivity index (χ3v) is 12.0. The minimum absolute atomic E-state index is 0.535. The average Bonchev–Trinajstić information content (AvgIpc) is 3.10. The zero-order valence-electron chi connectivity index (χ0n) is 17.4. The van der Waals surface area contributed by atoms with Crippen LogP contribution in [0.5, 0.6) is 5.88 Å². The molecule has 3 rings (SSSR count). The molecule has 0 aliphatic rings. The van der Waals surface area contributed by atoms with Gasteiger partial charge < -0.3 is 0 Å². The first-order valence-corrected chi connectivity index (χ1v) is 13.6. The Morgan fingerprint density at radius 3 is 2.11 bits per heavy atom. The van der Waals surface area contributed by atoms with Crippen LogP contribution in [-0.4, -0.2) is 24.4 Å². The normalized spacial score (nSPS) is 11.5. The van der Waals surface area contributed by atoms with E-state index < -0.39 is 14.7 Å². The van der Waals surface area contributed by atoms with E-state index in [-0.39, 0.29) is 0 Å². The quantitative estimate of drug-likeness (QED) is 0.359. The van der Waals surface area contributed by atoms with Gasteiger partial charge in [-0.1, -0.05) is 0 Å². The van der Waals surface area contributed by atoms with Gasteiger partial charge in [-0.15, -0.1) is 0 Å². The maximum absolute atomic E-state index is 6.14. The molecule has 0 fully saturated rings. The van der Waals surface area contributed by atoms with Gasteiger partial charge in [-0.25, -0.2) is 0 Å². The molecule has 0 saturated carbocycles. The summed E-state index contributed by atoms with van der Waals surface area (Å²) < 4.78 is 9.88. The van der Waals surface area contributed by atoms with E-state index in [9.17, 15) is 0 Å². The Morgan fingerprint density at radius 1 is 0.893 bits per heavy atom. The van der Waals surface area contributed by atoms with E-state index in [0.717, 1.165) is 38.5 Å². The van der Waals surface area contributed by atoms with Crippen LogP contribution in [0.1, 0.15) is 33.3 Å². The van der Waals surface area contributed by atoms with Gasteiger partial charge in [0.2, 0.25) is 0 Å². The number of rotatable bonds is 9. The van der Waals surface area contributed by atoms with Crippen molar-refractivity contribution in [2.75, 3.05) is 0 Å². The van der Waals surface area contributed by atoms with Gasteiger partial charge in [0.25, 0.3) is 0 Å². The van der Waals surface area contributed by atoms with Gasteiger partial charge >= 0.3 is 174 Å². The molecule has 3 aromatic rings. The van der Waals surface area contributed by atoms with E-state index in [0.29, 0.717) is 6.61 Å². The van der Waals surface area contributed by atoms with Crippen LogP contribution in [0, 0.1) is 0 Å². The first kappa shape index (κ1) is 20.7. The molecule has 2 aromatic carbocycles. The summed E-state index contributed by atoms with van der Waals surface area (Å²) in [5.74, 6) is 0.725. The van der Waals surface area contributed by atoms with E-state index in [4.69, 9.17) is 9.84 Å². The molecule has 0 spiro atoms. The number of ether oxygens (including phenoxy) is 1. The number of aryl methyl sites for hydroxylation is 1. The Labute approximate surface area is 174 Å². The zero-order valence-corrected chi connectivity index (χ0v) is 19.3. The molecule has 4 heteroatoms. The minimum atomic E-state index is -0.872. The van der Waals surface area contributed by atoms with Crippen LogP contribution < -0.4 is 4.74 Å². The fraction of sp³-hybridized carbons (Fsp3) is 0.375. The number of nitrogens with zero attached hydrogens (tertiary/aromatic N) is 2. The Balaban J connectivity index is 1.79. The second-order valence-electron chi connectivity index (χ2n) is 7.68. The van der Waals surface area contributed by atoms with Crippen LogP contribution in [-0.2, 0) is 13.2 Å². The number of hydrogen-bond donors (Lipinski definition) is 0. The average molecular weight is 438 g/mol. The monoisotopic (exact) mass is 438 g/mol. The summed E-state index contributed by atoms with van der Waals surface area (Å²) in [6.45, 7) is 11.0. The summed E-state index contributed by atoms with van der Waals surface area (Å²) in [5.41, 5.74) is 3.38. The second-order valence-corrected chi connectivity index (χ2v) is 15.1. The predicted molar refractivity (Wildman–Crippen MR) is 119 cm³/mol. The molecule has 3 nitrogen and oxygen atoms in total. The molecule has 0 saturated heterocycles. The Hall–Kier alpha value is -1.99. The van der Waals surface area contributed by atoms with Crippen molar-refractivity contribution in [3.63, 3.8) is 0 Å². The summed E-state index contributed by atoms with van der Waals surface area (Å²) in [6.07, 6.45) is 2.16. The molecule has 0 N–H and O–H groups in total. The molecule has 0 radical (unpaired) electrons. The van der Waals surface area contributed by atoms with E-state index in [1.165, 1.54) is 5.21 Å². The van der Waals surface area contributed by atoms with Gasteiger partial charge in [0.05, 0.1) is 0 Å². The van der Waals surface area contributed by atoms with Crippen LogP contribution in [0.2, 0.25) is 14.6 Å². The third kappa shape index (κ3) is 5.51. The van der Waals surface area contributed by atoms with Crippen LogP contribution in [0.4, 0.5) is 0 Å². The molecule has 1 heterocycles. The fourth-order valence-corrected chi connectivity index (χ4v) is 9.08. The van der Waals surface area contributed by atoms with E-state index >= 15 is 0 Å². The van der Waals surface area contributed by atoms with Crippen LogP contribution in [0.25, 0.3) is 11.1 Å². The molecule has 1 aromatic heterocycles. The van der Waals surface area contributed by atoms with Crippen molar-refractivity contribution in [2.24, 2.45) is 0 Å². The Kier molecular flexibility index (Phi) is 7.39. The van der Waals surface area contributed by atoms with Crippen molar-refractivity contribution in [2.45, 2.75) is 55.5 Å². The molecular formula is C24H31AsN2O. The van der Waals surface area contributed by atoms with Gasteiger partial charge in [-0.05, 0) is 0 Å². The fourth-order valence-electron chi connectivity index (χ4n) is 3.50. The van der Waals surface area contributed by atoms with Crippen LogP contribution in [0.3, 0.4) is 0 Å². The SMILES string of the molecule is CC(C)[As](CCn1cc(-c2ccccc2)c(OCc2ccccc2)n1)C(C)C. The zero-order chi connectivity index (χ0) is 19.9. The van der Waals surface area contributed by atoms with E-state index in [2.05, 4.69) is 75.0 Å². The molecule has 0 bridgehead atoms. The molecule has 0 amide bonds. The van der Waals surface area contributed by atoms with Crippen LogP contribution in [0.15, 0.2) is 66.9 Å². The standard InChI is InChI=1S/C24H31AsN2O/c1-19(2)25(20(3)4)15-16-27-17-23(22-13-9-6-10-14-22)24(26-27)28-18-21-11-7-5-8-12-21/h5-14,17,19-20H,15-16,18H2,1-4H3. The van der Waals surface area contributed by atoms with Gasteiger partial charge in [0.15, 0.2) is 0 Å². The summed E-state index contributed by atoms with van der Waals surface area (Å²) in [7, 11) is 0. The number of hydrogen-bond acceptors (Lipinski definition) is 2. The molecule has 148 valence electrons. The number of benzene rings is 2. The molecule has 0 aliphatic heterocycles. The Bertz CT molecular complexity index is 836. The maximum atomic E-state index is 6.14. The van der Waals surface area contributed by atoms with Crippen molar-refractivity contribution in [1.82, 2.24) is 9.78 Å².